The SMILES string of the molecule is CC[Si]1(CC)C=CC(CCCc2ccc(OC)cc2)O1. The Morgan fingerprint density at radius 2 is 1.85 bits per heavy atom. The van der Waals surface area contributed by atoms with Crippen LogP contribution in [0.5, 0.6) is 5.75 Å². The zero-order valence-corrected chi connectivity index (χ0v) is 13.9. The van der Waals surface area contributed by atoms with Crippen molar-refractivity contribution in [3.8, 4) is 5.75 Å². The van der Waals surface area contributed by atoms with Crippen LogP contribution < -0.4 is 4.74 Å². The van der Waals surface area contributed by atoms with Gasteiger partial charge in [0.05, 0.1) is 13.2 Å². The van der Waals surface area contributed by atoms with Gasteiger partial charge in [-0.05, 0) is 49.0 Å². The van der Waals surface area contributed by atoms with Crippen LogP contribution in [0.2, 0.25) is 12.1 Å². The van der Waals surface area contributed by atoms with Gasteiger partial charge in [-0.25, -0.2) is 0 Å². The Labute approximate surface area is 123 Å². The fraction of sp³-hybridized carbons (Fsp3) is 0.529. The molecule has 2 rings (SSSR count). The summed E-state index contributed by atoms with van der Waals surface area (Å²) < 4.78 is 11.5. The third-order valence-corrected chi connectivity index (χ3v) is 8.28. The molecule has 0 spiro atoms. The first kappa shape index (κ1) is 15.3. The quantitative estimate of drug-likeness (QED) is 0.688. The van der Waals surface area contributed by atoms with Crippen LogP contribution in [0.1, 0.15) is 32.3 Å². The summed E-state index contributed by atoms with van der Waals surface area (Å²) in [5.74, 6) is 0.928. The third kappa shape index (κ3) is 3.74. The number of aryl methyl sites for hydroxylation is 1. The van der Waals surface area contributed by atoms with E-state index in [1.54, 1.807) is 7.11 Å². The standard InChI is InChI=1S/C17H26O2Si/c1-4-20(5-2)14-13-17(19-20)8-6-7-15-9-11-16(18-3)12-10-15/h9-14,17H,4-8H2,1-3H3. The summed E-state index contributed by atoms with van der Waals surface area (Å²) in [6, 6.07) is 10.8. The van der Waals surface area contributed by atoms with Gasteiger partial charge in [0.2, 0.25) is 8.32 Å². The van der Waals surface area contributed by atoms with E-state index in [1.807, 2.05) is 12.1 Å². The molecular formula is C17H26O2Si. The van der Waals surface area contributed by atoms with Gasteiger partial charge in [-0.15, -0.1) is 0 Å². The van der Waals surface area contributed by atoms with Gasteiger partial charge < -0.3 is 9.16 Å². The van der Waals surface area contributed by atoms with Crippen molar-refractivity contribution in [1.29, 1.82) is 0 Å². The van der Waals surface area contributed by atoms with Crippen LogP contribution >= 0.6 is 0 Å². The molecule has 1 heterocycles. The normalized spacial score (nSPS) is 20.2. The Bertz CT molecular complexity index is 435. The van der Waals surface area contributed by atoms with Crippen LogP contribution in [0, 0.1) is 0 Å². The number of hydrogen-bond donors (Lipinski definition) is 0. The number of benzene rings is 1. The lowest BCUT2D eigenvalue weighted by atomic mass is 10.1. The average Bonchev–Trinajstić information content (AvgIpc) is 2.92. The summed E-state index contributed by atoms with van der Waals surface area (Å²) in [6.45, 7) is 4.53. The van der Waals surface area contributed by atoms with E-state index in [2.05, 4.69) is 37.8 Å². The van der Waals surface area contributed by atoms with Crippen molar-refractivity contribution in [2.24, 2.45) is 0 Å². The first-order valence-corrected chi connectivity index (χ1v) is 10.1. The minimum atomic E-state index is -1.48. The summed E-state index contributed by atoms with van der Waals surface area (Å²) in [7, 11) is 0.223. The van der Waals surface area contributed by atoms with Crippen LogP contribution in [0.15, 0.2) is 36.0 Å². The fourth-order valence-electron chi connectivity index (χ4n) is 2.77. The summed E-state index contributed by atoms with van der Waals surface area (Å²) in [5, 5.41) is 0. The van der Waals surface area contributed by atoms with Crippen LogP contribution in [0.25, 0.3) is 0 Å². The smallest absolute Gasteiger partial charge is 0.217 e. The molecule has 0 fully saturated rings. The fourth-order valence-corrected chi connectivity index (χ4v) is 5.52. The van der Waals surface area contributed by atoms with Gasteiger partial charge >= 0.3 is 0 Å². The molecule has 20 heavy (non-hydrogen) atoms. The van der Waals surface area contributed by atoms with E-state index in [1.165, 1.54) is 24.1 Å². The molecule has 1 atom stereocenters. The lowest BCUT2D eigenvalue weighted by Crippen LogP contribution is -2.33. The molecule has 0 radical (unpaired) electrons. The van der Waals surface area contributed by atoms with E-state index in [0.29, 0.717) is 6.10 Å². The maximum Gasteiger partial charge on any atom is 0.217 e. The molecular weight excluding hydrogens is 264 g/mol. The van der Waals surface area contributed by atoms with Gasteiger partial charge in [0.15, 0.2) is 0 Å². The minimum absolute atomic E-state index is 0.361. The zero-order chi connectivity index (χ0) is 14.4. The summed E-state index contributed by atoms with van der Waals surface area (Å²) in [6.07, 6.45) is 6.11. The molecule has 0 saturated carbocycles. The van der Waals surface area contributed by atoms with Crippen LogP contribution in [-0.4, -0.2) is 21.5 Å². The second-order valence-electron chi connectivity index (χ2n) is 5.53. The molecule has 3 heteroatoms. The molecule has 1 aromatic rings. The Kier molecular flexibility index (Phi) is 5.43. The van der Waals surface area contributed by atoms with E-state index in [-0.39, 0.29) is 0 Å². The zero-order valence-electron chi connectivity index (χ0n) is 12.9. The second-order valence-corrected chi connectivity index (χ2v) is 9.64. The van der Waals surface area contributed by atoms with Crippen molar-refractivity contribution < 1.29 is 9.16 Å². The molecule has 1 aliphatic rings. The van der Waals surface area contributed by atoms with Crippen molar-refractivity contribution in [3.05, 3.63) is 41.6 Å². The lowest BCUT2D eigenvalue weighted by Gasteiger charge is -2.23. The van der Waals surface area contributed by atoms with Crippen LogP contribution in [0.4, 0.5) is 0 Å². The monoisotopic (exact) mass is 290 g/mol. The van der Waals surface area contributed by atoms with Gasteiger partial charge in [0, 0.05) is 0 Å². The van der Waals surface area contributed by atoms with Crippen molar-refractivity contribution in [2.75, 3.05) is 7.11 Å². The van der Waals surface area contributed by atoms with Crippen molar-refractivity contribution in [1.82, 2.24) is 0 Å². The summed E-state index contributed by atoms with van der Waals surface area (Å²) in [5.41, 5.74) is 3.78. The van der Waals surface area contributed by atoms with Gasteiger partial charge in [-0.1, -0.05) is 37.8 Å². The van der Waals surface area contributed by atoms with E-state index in [0.717, 1.165) is 18.6 Å². The summed E-state index contributed by atoms with van der Waals surface area (Å²) >= 11 is 0. The number of rotatable bonds is 7. The predicted octanol–water partition coefficient (Wildman–Crippen LogP) is 4.50. The molecule has 0 amide bonds. The second kappa shape index (κ2) is 7.09. The first-order chi connectivity index (χ1) is 9.71. The largest absolute Gasteiger partial charge is 0.497 e. The highest BCUT2D eigenvalue weighted by Gasteiger charge is 2.34. The molecule has 0 aromatic heterocycles. The Morgan fingerprint density at radius 3 is 2.40 bits per heavy atom. The lowest BCUT2D eigenvalue weighted by molar-refractivity contribution is 0.237. The maximum atomic E-state index is 6.33. The average molecular weight is 290 g/mol. The molecule has 2 nitrogen and oxygen atoms in total. The van der Waals surface area contributed by atoms with Crippen LogP contribution in [-0.2, 0) is 10.8 Å². The maximum absolute atomic E-state index is 6.33. The highest BCUT2D eigenvalue weighted by molar-refractivity contribution is 6.79. The van der Waals surface area contributed by atoms with E-state index >= 15 is 0 Å². The number of methoxy groups -OCH3 is 1. The molecule has 110 valence electrons. The van der Waals surface area contributed by atoms with Crippen molar-refractivity contribution in [3.63, 3.8) is 0 Å². The Hall–Kier alpha value is -1.06. The molecule has 1 aromatic carbocycles. The van der Waals surface area contributed by atoms with Gasteiger partial charge in [-0.3, -0.25) is 0 Å². The molecule has 0 N–H and O–H groups in total. The molecule has 1 aliphatic heterocycles. The first-order valence-electron chi connectivity index (χ1n) is 7.71. The topological polar surface area (TPSA) is 18.5 Å². The minimum Gasteiger partial charge on any atom is -0.497 e. The highest BCUT2D eigenvalue weighted by atomic mass is 28.4. The van der Waals surface area contributed by atoms with Gasteiger partial charge in [0.25, 0.3) is 0 Å². The molecule has 1 unspecified atom stereocenters. The molecule has 0 aliphatic carbocycles. The van der Waals surface area contributed by atoms with E-state index in [4.69, 9.17) is 9.16 Å². The number of ether oxygens (including phenoxy) is 1. The van der Waals surface area contributed by atoms with Gasteiger partial charge in [0.1, 0.15) is 5.75 Å². The van der Waals surface area contributed by atoms with Crippen molar-refractivity contribution in [2.45, 2.75) is 51.3 Å². The molecule has 0 bridgehead atoms. The third-order valence-electron chi connectivity index (χ3n) is 4.31. The molecule has 0 saturated heterocycles. The van der Waals surface area contributed by atoms with Crippen LogP contribution in [0.3, 0.4) is 0 Å². The Morgan fingerprint density at radius 1 is 1.15 bits per heavy atom. The van der Waals surface area contributed by atoms with E-state index in [9.17, 15) is 0 Å². The van der Waals surface area contributed by atoms with E-state index < -0.39 is 8.32 Å². The summed E-state index contributed by atoms with van der Waals surface area (Å²) in [4.78, 5) is 0. The number of hydrogen-bond acceptors (Lipinski definition) is 2. The van der Waals surface area contributed by atoms with Crippen molar-refractivity contribution >= 4 is 8.32 Å². The predicted molar refractivity (Wildman–Crippen MR) is 86.7 cm³/mol. The van der Waals surface area contributed by atoms with Gasteiger partial charge in [-0.2, -0.15) is 0 Å². The highest BCUT2D eigenvalue weighted by Crippen LogP contribution is 2.28. The Balaban J connectivity index is 1.75.